The lowest BCUT2D eigenvalue weighted by Crippen LogP contribution is -2.24. The van der Waals surface area contributed by atoms with E-state index in [2.05, 4.69) is 5.32 Å². The van der Waals surface area contributed by atoms with Gasteiger partial charge in [-0.25, -0.2) is 0 Å². The van der Waals surface area contributed by atoms with Crippen molar-refractivity contribution in [2.45, 2.75) is 20.3 Å². The molecule has 0 aliphatic carbocycles. The zero-order chi connectivity index (χ0) is 15.9. The largest absolute Gasteiger partial charge is 0.321 e. The molecule has 0 aliphatic heterocycles. The van der Waals surface area contributed by atoms with E-state index in [0.717, 1.165) is 5.56 Å². The molecule has 22 heavy (non-hydrogen) atoms. The first-order chi connectivity index (χ1) is 10.6. The third-order valence-electron chi connectivity index (χ3n) is 3.45. The zero-order valence-corrected chi connectivity index (χ0v) is 12.8. The Kier molecular flexibility index (Phi) is 5.26. The molecule has 2 rings (SSSR count). The molecule has 1 N–H and O–H groups in total. The molecule has 0 saturated carbocycles. The van der Waals surface area contributed by atoms with Crippen LogP contribution in [0.2, 0.25) is 0 Å². The molecule has 0 aromatic heterocycles. The number of allylic oxidation sites excluding steroid dienone is 1. The van der Waals surface area contributed by atoms with Crippen LogP contribution in [0, 0.1) is 0 Å². The van der Waals surface area contributed by atoms with E-state index >= 15 is 0 Å². The van der Waals surface area contributed by atoms with Crippen LogP contribution < -0.4 is 5.32 Å². The van der Waals surface area contributed by atoms with Crippen LogP contribution in [0.15, 0.2) is 66.2 Å². The van der Waals surface area contributed by atoms with Gasteiger partial charge in [-0.3, -0.25) is 9.59 Å². The molecular weight excluding hydrogens is 274 g/mol. The van der Waals surface area contributed by atoms with Crippen LogP contribution >= 0.6 is 0 Å². The van der Waals surface area contributed by atoms with Gasteiger partial charge in [-0.2, -0.15) is 0 Å². The first-order valence-corrected chi connectivity index (χ1v) is 7.29. The van der Waals surface area contributed by atoms with Crippen molar-refractivity contribution < 1.29 is 9.59 Å². The van der Waals surface area contributed by atoms with Gasteiger partial charge in [0, 0.05) is 17.6 Å². The maximum absolute atomic E-state index is 12.4. The molecule has 0 saturated heterocycles. The molecule has 3 nitrogen and oxygen atoms in total. The molecule has 0 spiro atoms. The van der Waals surface area contributed by atoms with E-state index in [1.165, 1.54) is 0 Å². The van der Waals surface area contributed by atoms with Crippen LogP contribution in [-0.4, -0.2) is 11.7 Å². The van der Waals surface area contributed by atoms with Gasteiger partial charge in [-0.05, 0) is 24.6 Å². The van der Waals surface area contributed by atoms with Crippen LogP contribution in [0.3, 0.4) is 0 Å². The molecule has 0 fully saturated rings. The van der Waals surface area contributed by atoms with Crippen LogP contribution in [-0.2, 0) is 4.79 Å². The predicted molar refractivity (Wildman–Crippen MR) is 88.2 cm³/mol. The molecule has 0 radical (unpaired) electrons. The van der Waals surface area contributed by atoms with Crippen molar-refractivity contribution in [2.75, 3.05) is 0 Å². The van der Waals surface area contributed by atoms with Crippen molar-refractivity contribution in [3.8, 4) is 0 Å². The molecule has 112 valence electrons. The van der Waals surface area contributed by atoms with Gasteiger partial charge in [0.25, 0.3) is 5.91 Å². The summed E-state index contributed by atoms with van der Waals surface area (Å²) in [4.78, 5) is 24.4. The first-order valence-electron chi connectivity index (χ1n) is 7.29. The highest BCUT2D eigenvalue weighted by Crippen LogP contribution is 2.18. The summed E-state index contributed by atoms with van der Waals surface area (Å²) in [6.07, 6.45) is 0.406. The van der Waals surface area contributed by atoms with Gasteiger partial charge in [-0.1, -0.05) is 55.5 Å². The number of nitrogens with one attached hydrogen (secondary N) is 1. The van der Waals surface area contributed by atoms with Crippen molar-refractivity contribution in [3.05, 3.63) is 77.4 Å². The second-order valence-electron chi connectivity index (χ2n) is 4.96. The molecule has 0 bridgehead atoms. The van der Waals surface area contributed by atoms with Crippen molar-refractivity contribution >= 4 is 17.4 Å². The number of hydrogen-bond acceptors (Lipinski definition) is 2. The molecule has 3 heteroatoms. The van der Waals surface area contributed by atoms with E-state index in [1.54, 1.807) is 19.1 Å². The van der Waals surface area contributed by atoms with Gasteiger partial charge in [0.1, 0.15) is 0 Å². The normalized spacial score (nSPS) is 11.5. The van der Waals surface area contributed by atoms with Gasteiger partial charge < -0.3 is 5.32 Å². The molecule has 0 aliphatic rings. The lowest BCUT2D eigenvalue weighted by Gasteiger charge is -2.13. The van der Waals surface area contributed by atoms with Crippen molar-refractivity contribution in [3.63, 3.8) is 0 Å². The van der Waals surface area contributed by atoms with Crippen molar-refractivity contribution in [1.29, 1.82) is 0 Å². The van der Waals surface area contributed by atoms with Gasteiger partial charge in [0.2, 0.25) is 0 Å². The van der Waals surface area contributed by atoms with Crippen LogP contribution in [0.4, 0.5) is 0 Å². The van der Waals surface area contributed by atoms with E-state index in [0.29, 0.717) is 23.3 Å². The molecule has 2 aromatic rings. The SMILES string of the molecule is CCC(=O)/C(C)=C(\NC(=O)c1ccccc1)c1ccccc1. The fraction of sp³-hybridized carbons (Fsp3) is 0.158. The number of benzene rings is 2. The number of hydrogen-bond donors (Lipinski definition) is 1. The topological polar surface area (TPSA) is 46.2 Å². The number of carbonyl (C=O) groups excluding carboxylic acids is 2. The van der Waals surface area contributed by atoms with Gasteiger partial charge in [0.15, 0.2) is 5.78 Å². The lowest BCUT2D eigenvalue weighted by molar-refractivity contribution is -0.115. The average molecular weight is 293 g/mol. The van der Waals surface area contributed by atoms with Gasteiger partial charge in [0.05, 0.1) is 5.70 Å². The smallest absolute Gasteiger partial charge is 0.255 e. The molecule has 2 aromatic carbocycles. The van der Waals surface area contributed by atoms with Gasteiger partial charge in [-0.15, -0.1) is 0 Å². The van der Waals surface area contributed by atoms with E-state index < -0.39 is 0 Å². The third-order valence-corrected chi connectivity index (χ3v) is 3.45. The van der Waals surface area contributed by atoms with Gasteiger partial charge >= 0.3 is 0 Å². The Morgan fingerprint density at radius 1 is 0.864 bits per heavy atom. The summed E-state index contributed by atoms with van der Waals surface area (Å²) in [6, 6.07) is 18.4. The Labute approximate surface area is 130 Å². The monoisotopic (exact) mass is 293 g/mol. The van der Waals surface area contributed by atoms with E-state index in [1.807, 2.05) is 55.5 Å². The minimum atomic E-state index is -0.220. The van der Waals surface area contributed by atoms with Crippen molar-refractivity contribution in [1.82, 2.24) is 5.32 Å². The number of ketones is 1. The number of amides is 1. The summed E-state index contributed by atoms with van der Waals surface area (Å²) in [6.45, 7) is 3.56. The standard InChI is InChI=1S/C19H19NO2/c1-3-17(21)14(2)18(15-10-6-4-7-11-15)20-19(22)16-12-8-5-9-13-16/h4-13H,3H2,1-2H3,(H,20,22)/b18-14-. The molecule has 0 heterocycles. The molecule has 0 unspecified atom stereocenters. The Morgan fingerprint density at radius 3 is 1.86 bits per heavy atom. The number of carbonyl (C=O) groups is 2. The maximum atomic E-state index is 12.4. The summed E-state index contributed by atoms with van der Waals surface area (Å²) >= 11 is 0. The fourth-order valence-corrected chi connectivity index (χ4v) is 2.17. The molecule has 0 atom stereocenters. The zero-order valence-electron chi connectivity index (χ0n) is 12.8. The van der Waals surface area contributed by atoms with E-state index in [9.17, 15) is 9.59 Å². The fourth-order valence-electron chi connectivity index (χ4n) is 2.17. The summed E-state index contributed by atoms with van der Waals surface area (Å²) in [7, 11) is 0. The van der Waals surface area contributed by atoms with Crippen LogP contribution in [0.25, 0.3) is 5.70 Å². The van der Waals surface area contributed by atoms with E-state index in [4.69, 9.17) is 0 Å². The van der Waals surface area contributed by atoms with Crippen molar-refractivity contribution in [2.24, 2.45) is 0 Å². The second kappa shape index (κ2) is 7.36. The highest BCUT2D eigenvalue weighted by Gasteiger charge is 2.15. The number of rotatable bonds is 5. The highest BCUT2D eigenvalue weighted by molar-refractivity contribution is 6.06. The summed E-state index contributed by atoms with van der Waals surface area (Å²) in [5, 5.41) is 2.88. The van der Waals surface area contributed by atoms with Crippen LogP contribution in [0.1, 0.15) is 36.2 Å². The molecular formula is C19H19NO2. The van der Waals surface area contributed by atoms with E-state index in [-0.39, 0.29) is 11.7 Å². The van der Waals surface area contributed by atoms with Crippen LogP contribution in [0.5, 0.6) is 0 Å². The summed E-state index contributed by atoms with van der Waals surface area (Å²) < 4.78 is 0. The third kappa shape index (κ3) is 3.70. The average Bonchev–Trinajstić information content (AvgIpc) is 2.59. The Hall–Kier alpha value is -2.68. The first kappa shape index (κ1) is 15.7. The Morgan fingerprint density at radius 2 is 1.36 bits per heavy atom. The molecule has 1 amide bonds. The summed E-state index contributed by atoms with van der Waals surface area (Å²) in [5.74, 6) is -0.199. The summed E-state index contributed by atoms with van der Waals surface area (Å²) in [5.41, 5.74) is 2.53. The highest BCUT2D eigenvalue weighted by atomic mass is 16.1. The Bertz CT molecular complexity index is 688. The second-order valence-corrected chi connectivity index (χ2v) is 4.96. The predicted octanol–water partition coefficient (Wildman–Crippen LogP) is 3.83. The quantitative estimate of drug-likeness (QED) is 0.852. The maximum Gasteiger partial charge on any atom is 0.255 e. The Balaban J connectivity index is 2.38. The minimum Gasteiger partial charge on any atom is -0.321 e. The number of Topliss-reactive ketones (excluding diaryl/α,β-unsaturated/α-hetero) is 1. The lowest BCUT2D eigenvalue weighted by atomic mass is 10.0. The minimum absolute atomic E-state index is 0.0206.